The van der Waals surface area contributed by atoms with Crippen LogP contribution in [0.2, 0.25) is 0 Å². The number of benzene rings is 2. The quantitative estimate of drug-likeness (QED) is 0.456. The lowest BCUT2D eigenvalue weighted by Crippen LogP contribution is -2.02. The normalized spacial score (nSPS) is 9.04. The first-order chi connectivity index (χ1) is 11.5. The van der Waals surface area contributed by atoms with Crippen LogP contribution in [0.3, 0.4) is 0 Å². The number of esters is 1. The van der Waals surface area contributed by atoms with E-state index in [0.29, 0.717) is 5.75 Å². The zero-order chi connectivity index (χ0) is 17.9. The average molecular weight is 320 g/mol. The summed E-state index contributed by atoms with van der Waals surface area (Å²) in [6, 6.07) is 15.7. The molecule has 3 heteroatoms. The molecule has 0 heterocycles. The minimum atomic E-state index is -0.446. The molecule has 122 valence electrons. The van der Waals surface area contributed by atoms with Gasteiger partial charge in [-0.1, -0.05) is 61.7 Å². The summed E-state index contributed by atoms with van der Waals surface area (Å²) < 4.78 is 5.02. The summed E-state index contributed by atoms with van der Waals surface area (Å²) in [4.78, 5) is 21.0. The highest BCUT2D eigenvalue weighted by Crippen LogP contribution is 2.22. The number of carbonyl (C=O) groups is 2. The first kappa shape index (κ1) is 18.8. The number of hydrogen-bond donors (Lipinski definition) is 0. The van der Waals surface area contributed by atoms with Crippen molar-refractivity contribution in [2.75, 3.05) is 0 Å². The third-order valence-electron chi connectivity index (χ3n) is 3.03. The van der Waals surface area contributed by atoms with Gasteiger partial charge in [0.1, 0.15) is 5.75 Å². The topological polar surface area (TPSA) is 43.4 Å². The highest BCUT2D eigenvalue weighted by Gasteiger charge is 2.01. The number of rotatable bonds is 5. The first-order valence-corrected chi connectivity index (χ1v) is 7.30. The number of carbonyl (C=O) groups excluding carboxylic acids is 2. The van der Waals surface area contributed by atoms with Gasteiger partial charge in [0, 0.05) is 6.08 Å². The summed E-state index contributed by atoms with van der Waals surface area (Å²) in [5.41, 5.74) is 3.46. The van der Waals surface area contributed by atoms with E-state index in [1.165, 1.54) is 17.7 Å². The molecule has 0 spiro atoms. The minimum absolute atomic E-state index is 0.130. The average Bonchev–Trinajstić information content (AvgIpc) is 2.62. The predicted molar refractivity (Wildman–Crippen MR) is 97.8 cm³/mol. The molecule has 2 aromatic carbocycles. The fourth-order valence-corrected chi connectivity index (χ4v) is 1.70. The number of aryl methyl sites for hydroxylation is 1. The Kier molecular flexibility index (Phi) is 7.65. The van der Waals surface area contributed by atoms with E-state index in [1.54, 1.807) is 12.1 Å². The van der Waals surface area contributed by atoms with Gasteiger partial charge in [0.05, 0.1) is 0 Å². The molecule has 0 N–H and O–H groups in total. The highest BCUT2D eigenvalue weighted by atomic mass is 16.5. The van der Waals surface area contributed by atoms with E-state index >= 15 is 0 Å². The van der Waals surface area contributed by atoms with E-state index in [2.05, 4.69) is 50.9 Å². The van der Waals surface area contributed by atoms with Crippen molar-refractivity contribution >= 4 is 11.8 Å². The Hall–Kier alpha value is -3.20. The molecule has 0 amide bonds. The summed E-state index contributed by atoms with van der Waals surface area (Å²) in [5.74, 6) is -0.0520. The molecule has 0 saturated heterocycles. The largest absolute Gasteiger partial charge is 0.423 e. The molecule has 24 heavy (non-hydrogen) atoms. The molecule has 2 aromatic rings. The van der Waals surface area contributed by atoms with E-state index in [4.69, 9.17) is 4.74 Å². The molecule has 0 unspecified atom stereocenters. The second kappa shape index (κ2) is 9.74. The summed E-state index contributed by atoms with van der Waals surface area (Å²) in [6.45, 7) is 11.8. The van der Waals surface area contributed by atoms with Gasteiger partial charge in [-0.25, -0.2) is 4.79 Å². The lowest BCUT2D eigenvalue weighted by molar-refractivity contribution is -0.129. The van der Waals surface area contributed by atoms with Crippen LogP contribution in [0.1, 0.15) is 5.56 Å². The molecule has 0 aromatic heterocycles. The third-order valence-corrected chi connectivity index (χ3v) is 3.03. The van der Waals surface area contributed by atoms with Crippen molar-refractivity contribution in [1.29, 1.82) is 0 Å². The lowest BCUT2D eigenvalue weighted by Gasteiger charge is -2.04. The highest BCUT2D eigenvalue weighted by molar-refractivity contribution is 5.98. The molecule has 0 fully saturated rings. The van der Waals surface area contributed by atoms with Crippen molar-refractivity contribution in [3.8, 4) is 16.9 Å². The Morgan fingerprint density at radius 3 is 1.62 bits per heavy atom. The van der Waals surface area contributed by atoms with Crippen molar-refractivity contribution in [1.82, 2.24) is 0 Å². The van der Waals surface area contributed by atoms with Gasteiger partial charge in [0.15, 0.2) is 5.78 Å². The Labute approximate surface area is 142 Å². The number of ketones is 1. The van der Waals surface area contributed by atoms with Crippen LogP contribution in [0, 0.1) is 6.92 Å². The molecule has 0 atom stereocenters. The van der Waals surface area contributed by atoms with Crippen LogP contribution >= 0.6 is 0 Å². The molecule has 0 saturated carbocycles. The zero-order valence-corrected chi connectivity index (χ0v) is 13.7. The smallest absolute Gasteiger partial charge is 0.335 e. The number of allylic oxidation sites excluding steroid dienone is 2. The molecule has 0 bridgehead atoms. The molecule has 3 nitrogen and oxygen atoms in total. The number of ether oxygens (including phenoxy) is 1. The lowest BCUT2D eigenvalue weighted by atomic mass is 10.0. The van der Waals surface area contributed by atoms with Gasteiger partial charge in [-0.3, -0.25) is 4.79 Å². The summed E-state index contributed by atoms with van der Waals surface area (Å²) >= 11 is 0. The summed E-state index contributed by atoms with van der Waals surface area (Å²) in [6.07, 6.45) is 3.58. The van der Waals surface area contributed by atoms with Crippen LogP contribution in [-0.2, 0) is 9.59 Å². The Morgan fingerprint density at radius 2 is 1.25 bits per heavy atom. The Morgan fingerprint density at radius 1 is 0.792 bits per heavy atom. The van der Waals surface area contributed by atoms with E-state index in [1.807, 2.05) is 12.1 Å². The van der Waals surface area contributed by atoms with Crippen molar-refractivity contribution in [2.24, 2.45) is 0 Å². The van der Waals surface area contributed by atoms with Crippen molar-refractivity contribution in [2.45, 2.75) is 6.92 Å². The first-order valence-electron chi connectivity index (χ1n) is 7.30. The van der Waals surface area contributed by atoms with Gasteiger partial charge < -0.3 is 4.74 Å². The van der Waals surface area contributed by atoms with E-state index in [-0.39, 0.29) is 5.78 Å². The van der Waals surface area contributed by atoms with E-state index in [0.717, 1.165) is 17.2 Å². The molecular weight excluding hydrogens is 300 g/mol. The maximum absolute atomic E-state index is 11.0. The third kappa shape index (κ3) is 6.28. The maximum atomic E-state index is 11.0. The fourth-order valence-electron chi connectivity index (χ4n) is 1.70. The second-order valence-corrected chi connectivity index (χ2v) is 4.83. The molecule has 0 radical (unpaired) electrons. The van der Waals surface area contributed by atoms with Gasteiger partial charge in [0.2, 0.25) is 0 Å². The molecule has 0 aliphatic rings. The summed E-state index contributed by atoms with van der Waals surface area (Å²) in [5, 5.41) is 0. The van der Waals surface area contributed by atoms with Crippen molar-refractivity contribution in [3.05, 3.63) is 92.1 Å². The van der Waals surface area contributed by atoms with Crippen LogP contribution in [0.25, 0.3) is 11.1 Å². The van der Waals surface area contributed by atoms with Crippen molar-refractivity contribution < 1.29 is 14.3 Å². The zero-order valence-electron chi connectivity index (χ0n) is 13.7. The Balaban J connectivity index is 0.000000413. The molecule has 0 aliphatic heterocycles. The van der Waals surface area contributed by atoms with Crippen molar-refractivity contribution in [3.63, 3.8) is 0 Å². The van der Waals surface area contributed by atoms with Crippen LogP contribution in [0.5, 0.6) is 5.75 Å². The monoisotopic (exact) mass is 320 g/mol. The van der Waals surface area contributed by atoms with Crippen LogP contribution < -0.4 is 4.74 Å². The van der Waals surface area contributed by atoms with E-state index in [9.17, 15) is 9.59 Å². The van der Waals surface area contributed by atoms with Crippen LogP contribution in [0.15, 0.2) is 86.5 Å². The predicted octanol–water partition coefficient (Wildman–Crippen LogP) is 4.68. The second-order valence-electron chi connectivity index (χ2n) is 4.83. The van der Waals surface area contributed by atoms with E-state index < -0.39 is 5.97 Å². The molecule has 0 aliphatic carbocycles. The summed E-state index contributed by atoms with van der Waals surface area (Å²) in [7, 11) is 0. The molecular formula is C21H20O3. The van der Waals surface area contributed by atoms with Gasteiger partial charge in [0.25, 0.3) is 0 Å². The van der Waals surface area contributed by atoms with Gasteiger partial charge >= 0.3 is 5.97 Å². The SMILES string of the molecule is C=CC(=O)C=C.C=CC(=O)Oc1ccc(-c2ccc(C)cc2)cc1. The van der Waals surface area contributed by atoms with Gasteiger partial charge in [-0.05, 0) is 42.3 Å². The van der Waals surface area contributed by atoms with Crippen LogP contribution in [0.4, 0.5) is 0 Å². The van der Waals surface area contributed by atoms with Gasteiger partial charge in [-0.2, -0.15) is 0 Å². The fraction of sp³-hybridized carbons (Fsp3) is 0.0476. The van der Waals surface area contributed by atoms with Crippen LogP contribution in [-0.4, -0.2) is 11.8 Å². The maximum Gasteiger partial charge on any atom is 0.335 e. The van der Waals surface area contributed by atoms with Gasteiger partial charge in [-0.15, -0.1) is 0 Å². The number of hydrogen-bond acceptors (Lipinski definition) is 3. The minimum Gasteiger partial charge on any atom is -0.423 e. The Bertz CT molecular complexity index is 713. The standard InChI is InChI=1S/C16H14O2.C5H6O/c1-3-16(17)18-15-10-8-14(9-11-15)13-6-4-12(2)5-7-13;1-3-5(6)4-2/h3-11H,1H2,2H3;3-4H,1-2H2. The molecule has 2 rings (SSSR count).